The Morgan fingerprint density at radius 3 is 2.96 bits per heavy atom. The maximum Gasteiger partial charge on any atom is 0.234 e. The molecule has 4 rings (SSSR count). The second kappa shape index (κ2) is 8.71. The summed E-state index contributed by atoms with van der Waals surface area (Å²) in [5.41, 5.74) is 0.556. The molecule has 9 heteroatoms. The summed E-state index contributed by atoms with van der Waals surface area (Å²) in [5, 5.41) is 12.9. The number of benzene rings is 1. The van der Waals surface area contributed by atoms with Crippen molar-refractivity contribution >= 4 is 35.0 Å². The third-order valence-corrected chi connectivity index (χ3v) is 6.07. The van der Waals surface area contributed by atoms with Gasteiger partial charge in [-0.15, -0.1) is 10.2 Å². The van der Waals surface area contributed by atoms with Crippen LogP contribution in [0.4, 0.5) is 5.69 Å². The Hall–Kier alpha value is -1.77. The van der Waals surface area contributed by atoms with Crippen molar-refractivity contribution in [2.75, 3.05) is 24.8 Å². The number of amides is 1. The van der Waals surface area contributed by atoms with Gasteiger partial charge in [0.2, 0.25) is 5.91 Å². The van der Waals surface area contributed by atoms with E-state index in [9.17, 15) is 4.79 Å². The zero-order valence-electron chi connectivity index (χ0n) is 15.7. The molecule has 0 spiro atoms. The zero-order valence-corrected chi connectivity index (χ0v) is 17.3. The molecule has 1 saturated carbocycles. The van der Waals surface area contributed by atoms with E-state index in [1.165, 1.54) is 11.8 Å². The summed E-state index contributed by atoms with van der Waals surface area (Å²) in [4.78, 5) is 12.5. The van der Waals surface area contributed by atoms with Crippen LogP contribution >= 0.6 is 23.4 Å². The summed E-state index contributed by atoms with van der Waals surface area (Å²) in [6.45, 7) is 1.57. The normalized spacial score (nSPS) is 19.0. The highest BCUT2D eigenvalue weighted by Gasteiger charge is 2.32. The van der Waals surface area contributed by atoms with Crippen LogP contribution in [0.25, 0.3) is 0 Å². The summed E-state index contributed by atoms with van der Waals surface area (Å²) in [5.74, 6) is 2.16. The second-order valence-corrected chi connectivity index (χ2v) is 8.42. The molecular weight excluding hydrogens is 400 g/mol. The van der Waals surface area contributed by atoms with Crippen LogP contribution in [0.2, 0.25) is 5.02 Å². The SMILES string of the molecule is COc1ccc(Cl)cc1NC(=O)CSc1nnc(C2CC2)n1CC1CCCO1. The lowest BCUT2D eigenvalue weighted by Gasteiger charge is -2.14. The van der Waals surface area contributed by atoms with Crippen LogP contribution in [-0.4, -0.2) is 46.2 Å². The maximum atomic E-state index is 12.5. The standard InChI is InChI=1S/C19H23ClN4O3S/c1-26-16-7-6-13(20)9-15(16)21-17(25)11-28-19-23-22-18(12-4-5-12)24(19)10-14-3-2-8-27-14/h6-7,9,12,14H,2-5,8,10-11H2,1H3,(H,21,25). The highest BCUT2D eigenvalue weighted by Crippen LogP contribution is 2.40. The number of ether oxygens (including phenoxy) is 2. The van der Waals surface area contributed by atoms with Crippen molar-refractivity contribution in [2.45, 2.75) is 49.4 Å². The van der Waals surface area contributed by atoms with E-state index < -0.39 is 0 Å². The number of carbonyl (C=O) groups excluding carboxylic acids is 1. The van der Waals surface area contributed by atoms with Gasteiger partial charge in [-0.3, -0.25) is 4.79 Å². The number of anilines is 1. The maximum absolute atomic E-state index is 12.5. The van der Waals surface area contributed by atoms with Gasteiger partial charge in [-0.2, -0.15) is 0 Å². The average Bonchev–Trinajstić information content (AvgIpc) is 3.24. The highest BCUT2D eigenvalue weighted by molar-refractivity contribution is 7.99. The van der Waals surface area contributed by atoms with Crippen molar-refractivity contribution in [1.82, 2.24) is 14.8 Å². The van der Waals surface area contributed by atoms with E-state index in [2.05, 4.69) is 20.1 Å². The Morgan fingerprint density at radius 1 is 1.39 bits per heavy atom. The Kier molecular flexibility index (Phi) is 6.08. The lowest BCUT2D eigenvalue weighted by Crippen LogP contribution is -2.19. The number of halogens is 1. The third-order valence-electron chi connectivity index (χ3n) is 4.87. The smallest absolute Gasteiger partial charge is 0.234 e. The first-order valence-electron chi connectivity index (χ1n) is 9.45. The van der Waals surface area contributed by atoms with E-state index in [1.54, 1.807) is 25.3 Å². The van der Waals surface area contributed by atoms with Gasteiger partial charge in [0.05, 0.1) is 31.2 Å². The van der Waals surface area contributed by atoms with Crippen LogP contribution in [0.3, 0.4) is 0 Å². The van der Waals surface area contributed by atoms with E-state index in [1.807, 2.05) is 0 Å². The first kappa shape index (κ1) is 19.5. The highest BCUT2D eigenvalue weighted by atomic mass is 35.5. The van der Waals surface area contributed by atoms with Gasteiger partial charge in [-0.25, -0.2) is 0 Å². The molecule has 1 unspecified atom stereocenters. The van der Waals surface area contributed by atoms with Crippen LogP contribution < -0.4 is 10.1 Å². The van der Waals surface area contributed by atoms with Gasteiger partial charge < -0.3 is 19.4 Å². The van der Waals surface area contributed by atoms with Crippen LogP contribution in [0.15, 0.2) is 23.4 Å². The molecule has 1 amide bonds. The number of aromatic nitrogens is 3. The number of thioether (sulfide) groups is 1. The molecule has 1 aliphatic carbocycles. The number of methoxy groups -OCH3 is 1. The number of hydrogen-bond acceptors (Lipinski definition) is 6. The Labute approximate surface area is 173 Å². The molecule has 1 aromatic carbocycles. The number of carbonyl (C=O) groups is 1. The fourth-order valence-corrected chi connectivity index (χ4v) is 4.24. The Morgan fingerprint density at radius 2 is 2.25 bits per heavy atom. The second-order valence-electron chi connectivity index (χ2n) is 7.04. The fourth-order valence-electron chi connectivity index (χ4n) is 3.31. The summed E-state index contributed by atoms with van der Waals surface area (Å²) in [6.07, 6.45) is 4.67. The summed E-state index contributed by atoms with van der Waals surface area (Å²) in [7, 11) is 1.56. The molecule has 28 heavy (non-hydrogen) atoms. The minimum atomic E-state index is -0.148. The van der Waals surface area contributed by atoms with Crippen molar-refractivity contribution in [3.63, 3.8) is 0 Å². The molecule has 1 saturated heterocycles. The van der Waals surface area contributed by atoms with Crippen molar-refractivity contribution in [1.29, 1.82) is 0 Å². The predicted molar refractivity (Wildman–Crippen MR) is 108 cm³/mol. The van der Waals surface area contributed by atoms with Crippen LogP contribution in [0, 0.1) is 0 Å². The lowest BCUT2D eigenvalue weighted by atomic mass is 10.2. The summed E-state index contributed by atoms with van der Waals surface area (Å²) < 4.78 is 13.2. The molecular formula is C19H23ClN4O3S. The molecule has 0 bridgehead atoms. The molecule has 2 aliphatic rings. The topological polar surface area (TPSA) is 78.3 Å². The molecule has 1 atom stereocenters. The minimum absolute atomic E-state index is 0.148. The first-order chi connectivity index (χ1) is 13.6. The quantitative estimate of drug-likeness (QED) is 0.653. The third kappa shape index (κ3) is 4.61. The lowest BCUT2D eigenvalue weighted by molar-refractivity contribution is -0.113. The van der Waals surface area contributed by atoms with Gasteiger partial charge in [0, 0.05) is 17.5 Å². The van der Waals surface area contributed by atoms with Gasteiger partial charge >= 0.3 is 0 Å². The molecule has 7 nitrogen and oxygen atoms in total. The molecule has 2 fully saturated rings. The van der Waals surface area contributed by atoms with Crippen molar-refractivity contribution in [3.05, 3.63) is 29.0 Å². The van der Waals surface area contributed by atoms with Crippen LogP contribution in [-0.2, 0) is 16.1 Å². The first-order valence-corrected chi connectivity index (χ1v) is 10.8. The monoisotopic (exact) mass is 422 g/mol. The molecule has 1 aliphatic heterocycles. The van der Waals surface area contributed by atoms with Gasteiger partial charge in [-0.05, 0) is 43.9 Å². The van der Waals surface area contributed by atoms with E-state index >= 15 is 0 Å². The fraction of sp³-hybridized carbons (Fsp3) is 0.526. The van der Waals surface area contributed by atoms with Crippen molar-refractivity contribution in [3.8, 4) is 5.75 Å². The molecule has 150 valence electrons. The molecule has 1 N–H and O–H groups in total. The Bertz CT molecular complexity index is 850. The Balaban J connectivity index is 1.41. The van der Waals surface area contributed by atoms with Gasteiger partial charge in [0.15, 0.2) is 5.16 Å². The van der Waals surface area contributed by atoms with E-state index in [0.29, 0.717) is 22.4 Å². The van der Waals surface area contributed by atoms with E-state index in [0.717, 1.165) is 49.8 Å². The van der Waals surface area contributed by atoms with E-state index in [-0.39, 0.29) is 17.8 Å². The number of hydrogen-bond donors (Lipinski definition) is 1. The molecule has 1 aromatic heterocycles. The summed E-state index contributed by atoms with van der Waals surface area (Å²) in [6, 6.07) is 5.12. The largest absolute Gasteiger partial charge is 0.495 e. The van der Waals surface area contributed by atoms with Crippen molar-refractivity contribution in [2.24, 2.45) is 0 Å². The van der Waals surface area contributed by atoms with E-state index in [4.69, 9.17) is 21.1 Å². The van der Waals surface area contributed by atoms with Gasteiger partial charge in [0.1, 0.15) is 11.6 Å². The molecule has 0 radical (unpaired) electrons. The van der Waals surface area contributed by atoms with Gasteiger partial charge in [0.25, 0.3) is 0 Å². The number of rotatable bonds is 8. The number of nitrogens with one attached hydrogen (secondary N) is 1. The molecule has 2 heterocycles. The molecule has 2 aromatic rings. The minimum Gasteiger partial charge on any atom is -0.495 e. The van der Waals surface area contributed by atoms with Gasteiger partial charge in [-0.1, -0.05) is 23.4 Å². The number of nitrogens with zero attached hydrogens (tertiary/aromatic N) is 3. The van der Waals surface area contributed by atoms with Crippen molar-refractivity contribution < 1.29 is 14.3 Å². The van der Waals surface area contributed by atoms with Crippen LogP contribution in [0.1, 0.15) is 37.4 Å². The van der Waals surface area contributed by atoms with Crippen LogP contribution in [0.5, 0.6) is 5.75 Å². The zero-order chi connectivity index (χ0) is 19.5. The predicted octanol–water partition coefficient (Wildman–Crippen LogP) is 3.73. The average molecular weight is 423 g/mol. The summed E-state index contributed by atoms with van der Waals surface area (Å²) >= 11 is 7.41.